The molecular weight excluding hydrogens is 408 g/mol. The Bertz CT molecular complexity index is 1220. The summed E-state index contributed by atoms with van der Waals surface area (Å²) in [7, 11) is 0. The normalized spacial score (nSPS) is 10.9. The molecular formula is C24H24N4O4. The highest BCUT2D eigenvalue weighted by atomic mass is 16.4. The SMILES string of the molecule is CCCCc1nc(C(=O)Nc2cnn(Cc3ccc(C(C)=O)o3)c2)c(-c2ccccc2)o1. The molecule has 8 heteroatoms. The van der Waals surface area contributed by atoms with Gasteiger partial charge in [0.25, 0.3) is 5.91 Å². The molecule has 0 aliphatic rings. The average Bonchev–Trinajstić information content (AvgIpc) is 3.53. The summed E-state index contributed by atoms with van der Waals surface area (Å²) in [4.78, 5) is 28.9. The number of hydrogen-bond donors (Lipinski definition) is 1. The number of anilines is 1. The highest BCUT2D eigenvalue weighted by Gasteiger charge is 2.22. The Kier molecular flexibility index (Phi) is 6.30. The molecule has 1 aromatic carbocycles. The number of hydrogen-bond acceptors (Lipinski definition) is 6. The lowest BCUT2D eigenvalue weighted by Gasteiger charge is -2.02. The van der Waals surface area contributed by atoms with E-state index in [1.807, 2.05) is 30.3 Å². The summed E-state index contributed by atoms with van der Waals surface area (Å²) in [6, 6.07) is 12.8. The smallest absolute Gasteiger partial charge is 0.278 e. The van der Waals surface area contributed by atoms with Crippen LogP contribution in [0.5, 0.6) is 0 Å². The van der Waals surface area contributed by atoms with Gasteiger partial charge in [-0.2, -0.15) is 5.10 Å². The molecule has 0 aliphatic heterocycles. The Morgan fingerprint density at radius 3 is 2.62 bits per heavy atom. The van der Waals surface area contributed by atoms with Crippen molar-refractivity contribution in [2.45, 2.75) is 39.7 Å². The van der Waals surface area contributed by atoms with Gasteiger partial charge in [0.1, 0.15) is 5.76 Å². The Morgan fingerprint density at radius 1 is 1.09 bits per heavy atom. The number of amides is 1. The average molecular weight is 432 g/mol. The van der Waals surface area contributed by atoms with E-state index in [1.165, 1.54) is 6.92 Å². The van der Waals surface area contributed by atoms with Gasteiger partial charge < -0.3 is 14.2 Å². The molecule has 0 saturated carbocycles. The molecule has 1 N–H and O–H groups in total. The summed E-state index contributed by atoms with van der Waals surface area (Å²) < 4.78 is 13.0. The van der Waals surface area contributed by atoms with Crippen LogP contribution < -0.4 is 5.32 Å². The van der Waals surface area contributed by atoms with Gasteiger partial charge in [-0.15, -0.1) is 0 Å². The Balaban J connectivity index is 1.51. The van der Waals surface area contributed by atoms with E-state index in [1.54, 1.807) is 29.2 Å². The van der Waals surface area contributed by atoms with E-state index in [0.29, 0.717) is 41.8 Å². The number of aryl methyl sites for hydroxylation is 1. The molecule has 0 radical (unpaired) electrons. The minimum absolute atomic E-state index is 0.134. The molecule has 4 aromatic rings. The van der Waals surface area contributed by atoms with Gasteiger partial charge in [0, 0.05) is 25.1 Å². The molecule has 164 valence electrons. The largest absolute Gasteiger partial charge is 0.456 e. The zero-order chi connectivity index (χ0) is 22.5. The fraction of sp³-hybridized carbons (Fsp3) is 0.250. The third-order valence-electron chi connectivity index (χ3n) is 4.88. The van der Waals surface area contributed by atoms with Crippen LogP contribution in [0.2, 0.25) is 0 Å². The number of nitrogens with one attached hydrogen (secondary N) is 1. The molecule has 0 spiro atoms. The number of unbranched alkanes of at least 4 members (excludes halogenated alkanes) is 1. The zero-order valence-electron chi connectivity index (χ0n) is 18.0. The van der Waals surface area contributed by atoms with E-state index in [-0.39, 0.29) is 17.4 Å². The zero-order valence-corrected chi connectivity index (χ0v) is 18.0. The maximum atomic E-state index is 13.0. The number of ketones is 1. The molecule has 0 atom stereocenters. The van der Waals surface area contributed by atoms with E-state index in [2.05, 4.69) is 22.3 Å². The van der Waals surface area contributed by atoms with E-state index >= 15 is 0 Å². The molecule has 8 nitrogen and oxygen atoms in total. The maximum Gasteiger partial charge on any atom is 0.278 e. The summed E-state index contributed by atoms with van der Waals surface area (Å²) in [6.07, 6.45) is 5.85. The highest BCUT2D eigenvalue weighted by Crippen LogP contribution is 2.26. The molecule has 0 aliphatic carbocycles. The molecule has 0 bridgehead atoms. The Hall–Kier alpha value is -3.94. The number of Topliss-reactive ketones (excluding diaryl/α,β-unsaturated/α-hetero) is 1. The maximum absolute atomic E-state index is 13.0. The van der Waals surface area contributed by atoms with Crippen molar-refractivity contribution in [2.24, 2.45) is 0 Å². The standard InChI is InChI=1S/C24H24N4O4/c1-3-4-10-21-27-22(23(32-21)17-8-6-5-7-9-17)24(30)26-18-13-25-28(14-18)15-19-11-12-20(31-19)16(2)29/h5-9,11-14H,3-4,10,15H2,1-2H3,(H,26,30). The number of nitrogens with zero attached hydrogens (tertiary/aromatic N) is 3. The van der Waals surface area contributed by atoms with Gasteiger partial charge in [0.15, 0.2) is 28.9 Å². The predicted molar refractivity (Wildman–Crippen MR) is 119 cm³/mol. The van der Waals surface area contributed by atoms with Crippen molar-refractivity contribution in [1.29, 1.82) is 0 Å². The first kappa shape index (κ1) is 21.3. The lowest BCUT2D eigenvalue weighted by Crippen LogP contribution is -2.13. The minimum atomic E-state index is -0.369. The third-order valence-corrected chi connectivity index (χ3v) is 4.88. The van der Waals surface area contributed by atoms with Crippen LogP contribution in [0.3, 0.4) is 0 Å². The van der Waals surface area contributed by atoms with Crippen molar-refractivity contribution < 1.29 is 18.4 Å². The van der Waals surface area contributed by atoms with E-state index in [9.17, 15) is 9.59 Å². The summed E-state index contributed by atoms with van der Waals surface area (Å²) in [5.41, 5.74) is 1.56. The van der Waals surface area contributed by atoms with Crippen molar-refractivity contribution in [3.05, 3.63) is 78.0 Å². The van der Waals surface area contributed by atoms with Crippen molar-refractivity contribution in [3.8, 4) is 11.3 Å². The lowest BCUT2D eigenvalue weighted by atomic mass is 10.1. The van der Waals surface area contributed by atoms with Crippen LogP contribution in [0.1, 0.15) is 59.4 Å². The number of carbonyl (C=O) groups excluding carboxylic acids is 2. The summed E-state index contributed by atoms with van der Waals surface area (Å²) in [5.74, 6) is 1.40. The first-order valence-corrected chi connectivity index (χ1v) is 10.5. The van der Waals surface area contributed by atoms with Crippen LogP contribution in [0, 0.1) is 0 Å². The van der Waals surface area contributed by atoms with Crippen molar-refractivity contribution >= 4 is 17.4 Å². The summed E-state index contributed by atoms with van der Waals surface area (Å²) in [6.45, 7) is 3.88. The molecule has 3 aromatic heterocycles. The van der Waals surface area contributed by atoms with E-state index in [0.717, 1.165) is 18.4 Å². The van der Waals surface area contributed by atoms with Crippen LogP contribution in [0.25, 0.3) is 11.3 Å². The van der Waals surface area contributed by atoms with Gasteiger partial charge in [-0.1, -0.05) is 43.7 Å². The molecule has 4 rings (SSSR count). The number of aromatic nitrogens is 3. The molecule has 32 heavy (non-hydrogen) atoms. The van der Waals surface area contributed by atoms with Crippen LogP contribution >= 0.6 is 0 Å². The number of oxazole rings is 1. The molecule has 3 heterocycles. The minimum Gasteiger partial charge on any atom is -0.456 e. The number of rotatable bonds is 9. The third kappa shape index (κ3) is 4.85. The topological polar surface area (TPSA) is 103 Å². The van der Waals surface area contributed by atoms with Crippen LogP contribution in [0.15, 0.2) is 63.7 Å². The van der Waals surface area contributed by atoms with E-state index in [4.69, 9.17) is 8.83 Å². The van der Waals surface area contributed by atoms with Crippen molar-refractivity contribution in [3.63, 3.8) is 0 Å². The number of carbonyl (C=O) groups is 2. The second kappa shape index (κ2) is 9.47. The number of furan rings is 1. The fourth-order valence-corrected chi connectivity index (χ4v) is 3.26. The van der Waals surface area contributed by atoms with Crippen LogP contribution in [0.4, 0.5) is 5.69 Å². The first-order chi connectivity index (χ1) is 15.5. The van der Waals surface area contributed by atoms with Crippen LogP contribution in [-0.4, -0.2) is 26.5 Å². The summed E-state index contributed by atoms with van der Waals surface area (Å²) in [5, 5.41) is 7.09. The van der Waals surface area contributed by atoms with Gasteiger partial charge >= 0.3 is 0 Å². The second-order valence-corrected chi connectivity index (χ2v) is 7.46. The second-order valence-electron chi connectivity index (χ2n) is 7.46. The summed E-state index contributed by atoms with van der Waals surface area (Å²) >= 11 is 0. The number of benzene rings is 1. The quantitative estimate of drug-likeness (QED) is 0.374. The molecule has 0 fully saturated rings. The first-order valence-electron chi connectivity index (χ1n) is 10.5. The van der Waals surface area contributed by atoms with Crippen molar-refractivity contribution in [2.75, 3.05) is 5.32 Å². The highest BCUT2D eigenvalue weighted by molar-refractivity contribution is 6.06. The molecule has 1 amide bonds. The van der Waals surface area contributed by atoms with E-state index < -0.39 is 0 Å². The van der Waals surface area contributed by atoms with Gasteiger partial charge in [0.2, 0.25) is 0 Å². The molecule has 0 unspecified atom stereocenters. The van der Waals surface area contributed by atoms with Gasteiger partial charge in [-0.3, -0.25) is 14.3 Å². The van der Waals surface area contributed by atoms with Crippen molar-refractivity contribution in [1.82, 2.24) is 14.8 Å². The van der Waals surface area contributed by atoms with Gasteiger partial charge in [0.05, 0.1) is 18.4 Å². The van der Waals surface area contributed by atoms with Gasteiger partial charge in [-0.25, -0.2) is 4.98 Å². The lowest BCUT2D eigenvalue weighted by molar-refractivity contribution is 0.0983. The predicted octanol–water partition coefficient (Wildman–Crippen LogP) is 4.98. The fourth-order valence-electron chi connectivity index (χ4n) is 3.26. The van der Waals surface area contributed by atoms with Gasteiger partial charge in [-0.05, 0) is 18.6 Å². The monoisotopic (exact) mass is 432 g/mol. The Labute approximate surface area is 185 Å². The molecule has 0 saturated heterocycles. The Morgan fingerprint density at radius 2 is 1.91 bits per heavy atom. The van der Waals surface area contributed by atoms with Crippen LogP contribution in [-0.2, 0) is 13.0 Å².